The molecule has 10 heteroatoms. The number of aromatic hydroxyl groups is 2. The van der Waals surface area contributed by atoms with Crippen molar-refractivity contribution >= 4 is 22.1 Å². The molecule has 0 amide bonds. The molecule has 0 unspecified atom stereocenters. The third-order valence-electron chi connectivity index (χ3n) is 13.2. The SMILES string of the molecule is Cn1c(-c2cc(C(C)(C)C)cc(C(C)(C)C)c2O)nc2c(-c3cncc(-c4cc(-c5cncc(-c6cccc7c6nc(-c6cc(C(C)(C)C)cc(C(C)(C)C)c6O)n7C)c5)ncn4)c3)cccc21. The van der Waals surface area contributed by atoms with Gasteiger partial charge in [0.2, 0.25) is 0 Å². The fourth-order valence-electron chi connectivity index (χ4n) is 9.12. The molecule has 0 saturated carbocycles. The van der Waals surface area contributed by atoms with E-state index in [1.165, 1.54) is 0 Å². The third-order valence-corrected chi connectivity index (χ3v) is 13.2. The first-order valence-corrected chi connectivity index (χ1v) is 23.3. The third kappa shape index (κ3) is 8.20. The van der Waals surface area contributed by atoms with Crippen LogP contribution in [0.2, 0.25) is 0 Å². The number of fused-ring (bicyclic) bond motifs is 2. The van der Waals surface area contributed by atoms with Crippen molar-refractivity contribution in [2.45, 2.75) is 105 Å². The van der Waals surface area contributed by atoms with E-state index in [0.29, 0.717) is 34.2 Å². The van der Waals surface area contributed by atoms with Gasteiger partial charge in [-0.1, -0.05) is 119 Å². The minimum atomic E-state index is -0.273. The summed E-state index contributed by atoms with van der Waals surface area (Å²) in [6, 6.07) is 26.9. The number of aryl methyl sites for hydroxylation is 2. The maximum Gasteiger partial charge on any atom is 0.144 e. The van der Waals surface area contributed by atoms with Gasteiger partial charge in [-0.15, -0.1) is 0 Å². The summed E-state index contributed by atoms with van der Waals surface area (Å²) in [5.41, 5.74) is 14.9. The molecule has 68 heavy (non-hydrogen) atoms. The highest BCUT2D eigenvalue weighted by atomic mass is 16.3. The van der Waals surface area contributed by atoms with E-state index in [1.54, 1.807) is 6.33 Å². The molecule has 5 aromatic heterocycles. The predicted molar refractivity (Wildman–Crippen MR) is 277 cm³/mol. The molecule has 4 aromatic carbocycles. The highest BCUT2D eigenvalue weighted by Crippen LogP contribution is 2.45. The van der Waals surface area contributed by atoms with Crippen LogP contribution in [-0.2, 0) is 35.8 Å². The van der Waals surface area contributed by atoms with E-state index in [1.807, 2.05) is 57.1 Å². The molecule has 0 aliphatic rings. The molecule has 346 valence electrons. The molecule has 9 rings (SSSR count). The Morgan fingerprint density at radius 3 is 1.18 bits per heavy atom. The lowest BCUT2D eigenvalue weighted by Gasteiger charge is -2.27. The van der Waals surface area contributed by atoms with Crippen LogP contribution < -0.4 is 0 Å². The molecule has 0 fully saturated rings. The maximum absolute atomic E-state index is 11.8. The summed E-state index contributed by atoms with van der Waals surface area (Å²) >= 11 is 0. The summed E-state index contributed by atoms with van der Waals surface area (Å²) in [4.78, 5) is 29.3. The van der Waals surface area contributed by atoms with E-state index < -0.39 is 0 Å². The van der Waals surface area contributed by atoms with E-state index in [2.05, 4.69) is 153 Å². The van der Waals surface area contributed by atoms with Crippen molar-refractivity contribution in [1.29, 1.82) is 0 Å². The zero-order chi connectivity index (χ0) is 48.8. The van der Waals surface area contributed by atoms with Crippen LogP contribution in [0.1, 0.15) is 105 Å². The van der Waals surface area contributed by atoms with Crippen LogP contribution in [0.3, 0.4) is 0 Å². The van der Waals surface area contributed by atoms with Gasteiger partial charge in [-0.2, -0.15) is 0 Å². The van der Waals surface area contributed by atoms with Gasteiger partial charge in [0.1, 0.15) is 29.5 Å². The maximum atomic E-state index is 11.8. The molecule has 10 nitrogen and oxygen atoms in total. The molecule has 0 spiro atoms. The van der Waals surface area contributed by atoms with Crippen molar-refractivity contribution in [2.24, 2.45) is 14.1 Å². The summed E-state index contributed by atoms with van der Waals surface area (Å²) in [6.07, 6.45) is 8.92. The van der Waals surface area contributed by atoms with Crippen LogP contribution in [0.5, 0.6) is 11.5 Å². The summed E-state index contributed by atoms with van der Waals surface area (Å²) in [5, 5.41) is 23.6. The van der Waals surface area contributed by atoms with Crippen LogP contribution in [0.25, 0.3) is 89.6 Å². The topological polar surface area (TPSA) is 128 Å². The highest BCUT2D eigenvalue weighted by Gasteiger charge is 2.30. The molecule has 5 heterocycles. The summed E-state index contributed by atoms with van der Waals surface area (Å²) in [5.74, 6) is 1.90. The smallest absolute Gasteiger partial charge is 0.144 e. The van der Waals surface area contributed by atoms with E-state index >= 15 is 0 Å². The van der Waals surface area contributed by atoms with Crippen LogP contribution in [-0.4, -0.2) is 49.3 Å². The number of hydrogen-bond donors (Lipinski definition) is 2. The summed E-state index contributed by atoms with van der Waals surface area (Å²) < 4.78 is 4.13. The van der Waals surface area contributed by atoms with E-state index in [-0.39, 0.29) is 33.2 Å². The molecule has 0 aliphatic carbocycles. The second-order valence-electron chi connectivity index (χ2n) is 22.4. The van der Waals surface area contributed by atoms with Crippen molar-refractivity contribution in [3.8, 4) is 79.0 Å². The van der Waals surface area contributed by atoms with Gasteiger partial charge in [-0.25, -0.2) is 19.9 Å². The Labute approximate surface area is 399 Å². The first kappa shape index (κ1) is 45.9. The number of nitrogens with zero attached hydrogens (tertiary/aromatic N) is 8. The Balaban J connectivity index is 1.08. The second kappa shape index (κ2) is 16.2. The number of pyridine rings is 2. The van der Waals surface area contributed by atoms with Crippen molar-refractivity contribution in [3.63, 3.8) is 0 Å². The number of phenols is 2. The van der Waals surface area contributed by atoms with Crippen molar-refractivity contribution in [1.82, 2.24) is 39.0 Å². The Hall–Kier alpha value is -7.20. The number of imidazole rings is 2. The van der Waals surface area contributed by atoms with Crippen LogP contribution >= 0.6 is 0 Å². The first-order valence-electron chi connectivity index (χ1n) is 23.3. The minimum Gasteiger partial charge on any atom is -0.507 e. The standard InChI is InChI=1S/C58H62N8O2/c1-55(2,3)37-23-41(51(67)43(25-37)57(7,8)9)53-63-49-39(17-15-19-47(49)65(53)13)33-21-35(30-59-28-33)45-27-46(62-32-61-45)36-22-34(29-60-31-36)40-18-16-20-48-50(40)64-54(66(48)14)42-24-38(56(4,5)6)26-44(52(42)68)58(10,11)12/h15-32,67-68H,1-14H3. The van der Waals surface area contributed by atoms with Crippen LogP contribution in [0.4, 0.5) is 0 Å². The van der Waals surface area contributed by atoms with Crippen molar-refractivity contribution < 1.29 is 10.2 Å². The lowest BCUT2D eigenvalue weighted by molar-refractivity contribution is 0.445. The number of para-hydroxylation sites is 2. The predicted octanol–water partition coefficient (Wildman–Crippen LogP) is 13.6. The second-order valence-corrected chi connectivity index (χ2v) is 22.4. The van der Waals surface area contributed by atoms with Crippen LogP contribution in [0.15, 0.2) is 110 Å². The fourth-order valence-corrected chi connectivity index (χ4v) is 9.12. The van der Waals surface area contributed by atoms with Gasteiger partial charge < -0.3 is 19.3 Å². The van der Waals surface area contributed by atoms with Gasteiger partial charge in [0, 0.05) is 83.4 Å². The molecule has 9 aromatic rings. The monoisotopic (exact) mass is 902 g/mol. The quantitative estimate of drug-likeness (QED) is 0.169. The average molecular weight is 903 g/mol. The number of aromatic nitrogens is 8. The van der Waals surface area contributed by atoms with Gasteiger partial charge in [-0.05, 0) is 75.3 Å². The Morgan fingerprint density at radius 1 is 0.426 bits per heavy atom. The van der Waals surface area contributed by atoms with E-state index in [9.17, 15) is 10.2 Å². The molecular formula is C58H62N8O2. The van der Waals surface area contributed by atoms with Crippen molar-refractivity contribution in [2.75, 3.05) is 0 Å². The lowest BCUT2D eigenvalue weighted by atomic mass is 9.79. The lowest BCUT2D eigenvalue weighted by Crippen LogP contribution is -2.17. The average Bonchev–Trinajstić information content (AvgIpc) is 3.80. The Kier molecular flexibility index (Phi) is 11.0. The van der Waals surface area contributed by atoms with Gasteiger partial charge in [0.05, 0.1) is 44.6 Å². The fraction of sp³-hybridized carbons (Fsp3) is 0.310. The van der Waals surface area contributed by atoms with Gasteiger partial charge in [0.25, 0.3) is 0 Å². The summed E-state index contributed by atoms with van der Waals surface area (Å²) in [6.45, 7) is 25.9. The summed E-state index contributed by atoms with van der Waals surface area (Å²) in [7, 11) is 4.01. The number of phenolic OH excluding ortho intramolecular Hbond substituents is 2. The van der Waals surface area contributed by atoms with Gasteiger partial charge >= 0.3 is 0 Å². The molecule has 2 N–H and O–H groups in total. The van der Waals surface area contributed by atoms with Crippen LogP contribution in [0, 0.1) is 0 Å². The Bertz CT molecular complexity index is 3220. The molecule has 0 atom stereocenters. The largest absolute Gasteiger partial charge is 0.507 e. The molecule has 0 saturated heterocycles. The Morgan fingerprint density at radius 2 is 0.809 bits per heavy atom. The van der Waals surface area contributed by atoms with Gasteiger partial charge in [0.15, 0.2) is 0 Å². The van der Waals surface area contributed by atoms with Gasteiger partial charge in [-0.3, -0.25) is 9.97 Å². The van der Waals surface area contributed by atoms with Crippen molar-refractivity contribution in [3.05, 3.63) is 132 Å². The van der Waals surface area contributed by atoms with E-state index in [0.717, 1.165) is 77.7 Å². The normalized spacial score (nSPS) is 12.7. The minimum absolute atomic E-state index is 0.132. The molecule has 0 aliphatic heterocycles. The number of hydrogen-bond acceptors (Lipinski definition) is 8. The zero-order valence-electron chi connectivity index (χ0n) is 41.9. The zero-order valence-corrected chi connectivity index (χ0v) is 41.9. The number of rotatable bonds is 6. The molecular weight excluding hydrogens is 841 g/mol. The molecule has 0 radical (unpaired) electrons. The van der Waals surface area contributed by atoms with E-state index in [4.69, 9.17) is 29.9 Å². The molecule has 0 bridgehead atoms. The highest BCUT2D eigenvalue weighted by molar-refractivity contribution is 5.97. The number of benzene rings is 4. The first-order chi connectivity index (χ1) is 31.9.